The van der Waals surface area contributed by atoms with Gasteiger partial charge in [0.05, 0.1) is 0 Å². The van der Waals surface area contributed by atoms with Gasteiger partial charge in [0.25, 0.3) is 0 Å². The normalized spacial score (nSPS) is 12.2. The van der Waals surface area contributed by atoms with E-state index in [0.29, 0.717) is 0 Å². The summed E-state index contributed by atoms with van der Waals surface area (Å²) in [4.78, 5) is 0. The van der Waals surface area contributed by atoms with E-state index < -0.39 is 0 Å². The van der Waals surface area contributed by atoms with Gasteiger partial charge in [-0.2, -0.15) is 0 Å². The third-order valence-corrected chi connectivity index (χ3v) is 3.79. The highest BCUT2D eigenvalue weighted by Gasteiger charge is 2.06. The van der Waals surface area contributed by atoms with Gasteiger partial charge in [-0.15, -0.1) is 0 Å². The van der Waals surface area contributed by atoms with Crippen molar-refractivity contribution in [2.45, 2.75) is 25.8 Å². The quantitative estimate of drug-likeness (QED) is 0.826. The second-order valence-corrected chi connectivity index (χ2v) is 5.73. The van der Waals surface area contributed by atoms with E-state index in [1.165, 1.54) is 17.7 Å². The molecule has 0 fully saturated rings. The summed E-state index contributed by atoms with van der Waals surface area (Å²) in [5.74, 6) is 0.0364. The lowest BCUT2D eigenvalue weighted by molar-refractivity contribution is 0.475. The average molecular weight is 338 g/mol. The van der Waals surface area contributed by atoms with Crippen molar-refractivity contribution in [2.24, 2.45) is 0 Å². The zero-order chi connectivity index (χ0) is 14.5. The van der Waals surface area contributed by atoms with Gasteiger partial charge in [0.15, 0.2) is 0 Å². The largest absolute Gasteiger partial charge is 0.508 e. The second kappa shape index (κ2) is 6.75. The number of hydrogen-bond donors (Lipinski definition) is 2. The number of hydrogen-bond acceptors (Lipinski definition) is 2. The van der Waals surface area contributed by atoms with E-state index in [4.69, 9.17) is 0 Å². The Balaban J connectivity index is 1.89. The minimum absolute atomic E-state index is 0.251. The molecule has 0 amide bonds. The highest BCUT2D eigenvalue weighted by molar-refractivity contribution is 9.10. The van der Waals surface area contributed by atoms with Crippen LogP contribution in [0.1, 0.15) is 18.9 Å². The van der Waals surface area contributed by atoms with Crippen LogP contribution >= 0.6 is 15.9 Å². The molecule has 20 heavy (non-hydrogen) atoms. The minimum atomic E-state index is -0.251. The summed E-state index contributed by atoms with van der Waals surface area (Å²) in [6, 6.07) is 12.1. The molecule has 0 aliphatic heterocycles. The molecule has 2 aromatic carbocycles. The van der Waals surface area contributed by atoms with E-state index in [-0.39, 0.29) is 17.6 Å². The van der Waals surface area contributed by atoms with Gasteiger partial charge in [0.2, 0.25) is 0 Å². The molecule has 0 aliphatic carbocycles. The summed E-state index contributed by atoms with van der Waals surface area (Å²) < 4.78 is 13.7. The number of phenols is 1. The first-order valence-corrected chi connectivity index (χ1v) is 7.33. The molecule has 0 heterocycles. The van der Waals surface area contributed by atoms with Crippen LogP contribution in [0, 0.1) is 5.82 Å². The molecule has 0 spiro atoms. The average Bonchev–Trinajstić information content (AvgIpc) is 2.41. The van der Waals surface area contributed by atoms with Crippen molar-refractivity contribution >= 4 is 21.6 Å². The van der Waals surface area contributed by atoms with E-state index in [2.05, 4.69) is 28.2 Å². The molecular weight excluding hydrogens is 321 g/mol. The van der Waals surface area contributed by atoms with Crippen molar-refractivity contribution in [1.82, 2.24) is 0 Å². The predicted octanol–water partition coefficient (Wildman–Crippen LogP) is 4.73. The maximum absolute atomic E-state index is 13.0. The molecule has 2 N–H and O–H groups in total. The van der Waals surface area contributed by atoms with Crippen LogP contribution in [0.4, 0.5) is 10.1 Å². The topological polar surface area (TPSA) is 32.3 Å². The first-order valence-electron chi connectivity index (χ1n) is 6.54. The fourth-order valence-corrected chi connectivity index (χ4v) is 2.46. The third kappa shape index (κ3) is 4.23. The fourth-order valence-electron chi connectivity index (χ4n) is 1.99. The van der Waals surface area contributed by atoms with Gasteiger partial charge in [-0.25, -0.2) is 4.39 Å². The molecule has 0 saturated heterocycles. The Labute approximate surface area is 126 Å². The summed E-state index contributed by atoms with van der Waals surface area (Å²) in [5.41, 5.74) is 2.08. The van der Waals surface area contributed by atoms with Gasteiger partial charge < -0.3 is 10.4 Å². The molecule has 106 valence electrons. The molecule has 4 heteroatoms. The van der Waals surface area contributed by atoms with E-state index in [1.807, 2.05) is 12.1 Å². The highest BCUT2D eigenvalue weighted by Crippen LogP contribution is 2.24. The molecule has 0 bridgehead atoms. The molecule has 2 nitrogen and oxygen atoms in total. The summed E-state index contributed by atoms with van der Waals surface area (Å²) in [7, 11) is 0. The van der Waals surface area contributed by atoms with Gasteiger partial charge in [0.1, 0.15) is 11.6 Å². The zero-order valence-corrected chi connectivity index (χ0v) is 12.8. The lowest BCUT2D eigenvalue weighted by atomic mass is 10.1. The lowest BCUT2D eigenvalue weighted by Crippen LogP contribution is -2.16. The number of anilines is 1. The highest BCUT2D eigenvalue weighted by atomic mass is 79.9. The van der Waals surface area contributed by atoms with Crippen LogP contribution in [0.15, 0.2) is 46.9 Å². The van der Waals surface area contributed by atoms with Crippen molar-refractivity contribution < 1.29 is 9.50 Å². The Kier molecular flexibility index (Phi) is 5.01. The van der Waals surface area contributed by atoms with Gasteiger partial charge in [-0.3, -0.25) is 0 Å². The number of aromatic hydroxyl groups is 1. The Morgan fingerprint density at radius 3 is 2.55 bits per heavy atom. The van der Waals surface area contributed by atoms with Crippen LogP contribution in [-0.4, -0.2) is 11.1 Å². The van der Waals surface area contributed by atoms with E-state index in [1.54, 1.807) is 18.2 Å². The molecule has 0 saturated carbocycles. The second-order valence-electron chi connectivity index (χ2n) is 4.87. The first-order chi connectivity index (χ1) is 9.54. The SMILES string of the molecule is CC(CCc1ccc(O)cc1)Nc1ccc(F)cc1Br. The standard InChI is InChI=1S/C16H17BrFNO/c1-11(2-3-12-4-7-14(20)8-5-12)19-16-9-6-13(18)10-15(16)17/h4-11,19-20H,2-3H2,1H3. The molecule has 0 aliphatic rings. The Morgan fingerprint density at radius 2 is 1.90 bits per heavy atom. The number of halogens is 2. The van der Waals surface area contributed by atoms with Crippen molar-refractivity contribution in [3.8, 4) is 5.75 Å². The molecule has 0 radical (unpaired) electrons. The predicted molar refractivity (Wildman–Crippen MR) is 83.6 cm³/mol. The number of nitrogens with one attached hydrogen (secondary N) is 1. The lowest BCUT2D eigenvalue weighted by Gasteiger charge is -2.16. The van der Waals surface area contributed by atoms with Crippen molar-refractivity contribution in [1.29, 1.82) is 0 Å². The first kappa shape index (κ1) is 14.9. The van der Waals surface area contributed by atoms with Crippen LogP contribution in [0.3, 0.4) is 0 Å². The van der Waals surface area contributed by atoms with Gasteiger partial charge in [0, 0.05) is 16.2 Å². The molecule has 2 rings (SSSR count). The molecule has 2 aromatic rings. The molecular formula is C16H17BrFNO. The number of rotatable bonds is 5. The van der Waals surface area contributed by atoms with E-state index in [0.717, 1.165) is 23.0 Å². The Morgan fingerprint density at radius 1 is 1.20 bits per heavy atom. The Hall–Kier alpha value is -1.55. The van der Waals surface area contributed by atoms with E-state index >= 15 is 0 Å². The van der Waals surface area contributed by atoms with Crippen LogP contribution in [0.25, 0.3) is 0 Å². The van der Waals surface area contributed by atoms with Crippen LogP contribution in [0.2, 0.25) is 0 Å². The third-order valence-electron chi connectivity index (χ3n) is 3.14. The van der Waals surface area contributed by atoms with Crippen molar-refractivity contribution in [3.63, 3.8) is 0 Å². The van der Waals surface area contributed by atoms with Crippen LogP contribution in [0.5, 0.6) is 5.75 Å². The zero-order valence-electron chi connectivity index (χ0n) is 11.2. The fraction of sp³-hybridized carbons (Fsp3) is 0.250. The van der Waals surface area contributed by atoms with Crippen LogP contribution in [-0.2, 0) is 6.42 Å². The van der Waals surface area contributed by atoms with E-state index in [9.17, 15) is 9.50 Å². The monoisotopic (exact) mass is 337 g/mol. The molecule has 1 unspecified atom stereocenters. The molecule has 0 aromatic heterocycles. The number of benzene rings is 2. The van der Waals surface area contributed by atoms with Gasteiger partial charge in [-0.05, 0) is 71.6 Å². The number of phenolic OH excluding ortho intramolecular Hbond substituents is 1. The minimum Gasteiger partial charge on any atom is -0.508 e. The van der Waals surface area contributed by atoms with Gasteiger partial charge in [-0.1, -0.05) is 12.1 Å². The molecule has 1 atom stereocenters. The maximum Gasteiger partial charge on any atom is 0.124 e. The summed E-state index contributed by atoms with van der Waals surface area (Å²) in [6.07, 6.45) is 1.88. The van der Waals surface area contributed by atoms with Crippen LogP contribution < -0.4 is 5.32 Å². The number of aryl methyl sites for hydroxylation is 1. The maximum atomic E-state index is 13.0. The van der Waals surface area contributed by atoms with Crippen molar-refractivity contribution in [2.75, 3.05) is 5.32 Å². The van der Waals surface area contributed by atoms with Gasteiger partial charge >= 0.3 is 0 Å². The smallest absolute Gasteiger partial charge is 0.124 e. The summed E-state index contributed by atoms with van der Waals surface area (Å²) in [6.45, 7) is 2.09. The summed E-state index contributed by atoms with van der Waals surface area (Å²) >= 11 is 3.35. The summed E-state index contributed by atoms with van der Waals surface area (Å²) in [5, 5.41) is 12.6. The van der Waals surface area contributed by atoms with Crippen molar-refractivity contribution in [3.05, 3.63) is 58.3 Å². The Bertz CT molecular complexity index is 571.